The van der Waals surface area contributed by atoms with Gasteiger partial charge in [0.25, 0.3) is 0 Å². The molecular formula is C20H26N2O. The van der Waals surface area contributed by atoms with Gasteiger partial charge in [0, 0.05) is 26.2 Å². The molecule has 0 aliphatic carbocycles. The predicted molar refractivity (Wildman–Crippen MR) is 94.5 cm³/mol. The highest BCUT2D eigenvalue weighted by Crippen LogP contribution is 2.13. The van der Waals surface area contributed by atoms with E-state index < -0.39 is 0 Å². The number of aliphatic hydroxyl groups excluding tert-OH is 1. The normalized spacial score (nSPS) is 17.1. The summed E-state index contributed by atoms with van der Waals surface area (Å²) >= 11 is 0. The van der Waals surface area contributed by atoms with Gasteiger partial charge in [-0.15, -0.1) is 0 Å². The summed E-state index contributed by atoms with van der Waals surface area (Å²) < 4.78 is 0. The van der Waals surface area contributed by atoms with Crippen molar-refractivity contribution in [3.63, 3.8) is 0 Å². The van der Waals surface area contributed by atoms with Crippen LogP contribution in [-0.2, 0) is 12.8 Å². The highest BCUT2D eigenvalue weighted by molar-refractivity contribution is 5.28. The van der Waals surface area contributed by atoms with E-state index in [1.54, 1.807) is 0 Å². The van der Waals surface area contributed by atoms with Gasteiger partial charge >= 0.3 is 0 Å². The van der Waals surface area contributed by atoms with Crippen LogP contribution in [0.4, 0.5) is 0 Å². The maximum Gasteiger partial charge on any atom is 0.107 e. The van der Waals surface area contributed by atoms with E-state index in [1.807, 2.05) is 0 Å². The lowest BCUT2D eigenvalue weighted by atomic mass is 10.0. The molecule has 3 heteroatoms. The Hall–Kier alpha value is -1.68. The number of benzene rings is 2. The average Bonchev–Trinajstić information content (AvgIpc) is 2.62. The van der Waals surface area contributed by atoms with Crippen LogP contribution >= 0.6 is 0 Å². The van der Waals surface area contributed by atoms with Crippen LogP contribution in [0.15, 0.2) is 54.6 Å². The first-order valence-corrected chi connectivity index (χ1v) is 8.56. The van der Waals surface area contributed by atoms with Crippen molar-refractivity contribution in [3.05, 3.63) is 71.3 Å². The summed E-state index contributed by atoms with van der Waals surface area (Å²) in [7, 11) is 0. The van der Waals surface area contributed by atoms with E-state index in [0.717, 1.165) is 45.4 Å². The zero-order chi connectivity index (χ0) is 15.9. The fraction of sp³-hybridized carbons (Fsp3) is 0.400. The van der Waals surface area contributed by atoms with Gasteiger partial charge in [-0.1, -0.05) is 54.6 Å². The minimum Gasteiger partial charge on any atom is -0.378 e. The number of aliphatic hydroxyl groups is 1. The third-order valence-corrected chi connectivity index (χ3v) is 4.54. The molecule has 1 aliphatic rings. The van der Waals surface area contributed by atoms with Gasteiger partial charge in [0.2, 0.25) is 0 Å². The van der Waals surface area contributed by atoms with Crippen molar-refractivity contribution in [2.45, 2.75) is 25.5 Å². The van der Waals surface area contributed by atoms with Gasteiger partial charge in [-0.3, -0.25) is 4.90 Å². The lowest BCUT2D eigenvalue weighted by Gasteiger charge is -2.31. The first-order valence-electron chi connectivity index (χ1n) is 8.56. The van der Waals surface area contributed by atoms with Crippen molar-refractivity contribution in [1.82, 2.24) is 10.2 Å². The minimum atomic E-state index is -0.318. The largest absolute Gasteiger partial charge is 0.378 e. The Morgan fingerprint density at radius 1 is 0.870 bits per heavy atom. The van der Waals surface area contributed by atoms with Crippen molar-refractivity contribution in [2.24, 2.45) is 0 Å². The Labute approximate surface area is 139 Å². The van der Waals surface area contributed by atoms with Crippen molar-refractivity contribution < 1.29 is 5.11 Å². The summed E-state index contributed by atoms with van der Waals surface area (Å²) in [5.41, 5.74) is 3.98. The Bertz CT molecular complexity index is 576. The molecule has 0 bridgehead atoms. The van der Waals surface area contributed by atoms with Crippen molar-refractivity contribution in [1.29, 1.82) is 0 Å². The third kappa shape index (κ3) is 4.90. The summed E-state index contributed by atoms with van der Waals surface area (Å²) in [5, 5.41) is 13.6. The Morgan fingerprint density at radius 2 is 1.48 bits per heavy atom. The van der Waals surface area contributed by atoms with E-state index in [1.165, 1.54) is 16.7 Å². The maximum atomic E-state index is 10.3. The summed E-state index contributed by atoms with van der Waals surface area (Å²) in [6, 6.07) is 19.4. The zero-order valence-corrected chi connectivity index (χ0v) is 13.6. The number of nitrogens with zero attached hydrogens (tertiary/aromatic N) is 1. The van der Waals surface area contributed by atoms with Crippen molar-refractivity contribution >= 4 is 0 Å². The number of aryl methyl sites for hydroxylation is 1. The molecule has 1 unspecified atom stereocenters. The summed E-state index contributed by atoms with van der Waals surface area (Å²) in [6.07, 6.45) is 2.39. The number of nitrogens with one attached hydrogen (secondary N) is 1. The molecule has 1 saturated heterocycles. The fourth-order valence-electron chi connectivity index (χ4n) is 3.11. The van der Waals surface area contributed by atoms with E-state index in [4.69, 9.17) is 0 Å². The standard InChI is InChI=1S/C20H26N2O/c23-20(22-14-12-21-13-15-22)11-10-17-6-8-19(9-7-17)16-18-4-2-1-3-5-18/h1-9,20-21,23H,10-16H2. The van der Waals surface area contributed by atoms with E-state index in [2.05, 4.69) is 64.8 Å². The molecule has 0 amide bonds. The third-order valence-electron chi connectivity index (χ3n) is 4.54. The van der Waals surface area contributed by atoms with Crippen LogP contribution in [0.1, 0.15) is 23.1 Å². The van der Waals surface area contributed by atoms with Gasteiger partial charge in [0.05, 0.1) is 0 Å². The first kappa shape index (κ1) is 16.2. The van der Waals surface area contributed by atoms with Crippen LogP contribution in [0, 0.1) is 0 Å². The molecule has 1 aliphatic heterocycles. The minimum absolute atomic E-state index is 0.318. The van der Waals surface area contributed by atoms with E-state index in [-0.39, 0.29) is 6.23 Å². The van der Waals surface area contributed by atoms with E-state index in [9.17, 15) is 5.11 Å². The van der Waals surface area contributed by atoms with Crippen molar-refractivity contribution in [3.8, 4) is 0 Å². The highest BCUT2D eigenvalue weighted by Gasteiger charge is 2.17. The second-order valence-corrected chi connectivity index (χ2v) is 6.28. The summed E-state index contributed by atoms with van der Waals surface area (Å²) in [4.78, 5) is 2.17. The molecule has 3 rings (SSSR count). The molecule has 2 aromatic carbocycles. The number of hydrogen-bond donors (Lipinski definition) is 2. The topological polar surface area (TPSA) is 35.5 Å². The van der Waals surface area contributed by atoms with E-state index in [0.29, 0.717) is 0 Å². The Kier molecular flexibility index (Phi) is 5.81. The highest BCUT2D eigenvalue weighted by atomic mass is 16.3. The maximum absolute atomic E-state index is 10.3. The molecule has 23 heavy (non-hydrogen) atoms. The molecule has 2 aromatic rings. The molecule has 0 aromatic heterocycles. The Morgan fingerprint density at radius 3 is 2.17 bits per heavy atom. The van der Waals surface area contributed by atoms with Gasteiger partial charge in [-0.25, -0.2) is 0 Å². The smallest absolute Gasteiger partial charge is 0.107 e. The van der Waals surface area contributed by atoms with Gasteiger partial charge in [0.15, 0.2) is 0 Å². The quantitative estimate of drug-likeness (QED) is 0.860. The van der Waals surface area contributed by atoms with Crippen LogP contribution in [-0.4, -0.2) is 42.4 Å². The molecule has 3 nitrogen and oxygen atoms in total. The molecule has 1 heterocycles. The average molecular weight is 310 g/mol. The molecular weight excluding hydrogens is 284 g/mol. The van der Waals surface area contributed by atoms with Gasteiger partial charge in [-0.05, 0) is 36.0 Å². The monoisotopic (exact) mass is 310 g/mol. The van der Waals surface area contributed by atoms with Crippen LogP contribution in [0.3, 0.4) is 0 Å². The van der Waals surface area contributed by atoms with Crippen LogP contribution in [0.25, 0.3) is 0 Å². The summed E-state index contributed by atoms with van der Waals surface area (Å²) in [5.74, 6) is 0. The predicted octanol–water partition coefficient (Wildman–Crippen LogP) is 2.43. The van der Waals surface area contributed by atoms with Crippen LogP contribution < -0.4 is 5.32 Å². The molecule has 122 valence electrons. The van der Waals surface area contributed by atoms with Gasteiger partial charge < -0.3 is 10.4 Å². The van der Waals surface area contributed by atoms with Crippen LogP contribution in [0.5, 0.6) is 0 Å². The molecule has 2 N–H and O–H groups in total. The number of piperazine rings is 1. The lowest BCUT2D eigenvalue weighted by molar-refractivity contribution is -0.00881. The fourth-order valence-corrected chi connectivity index (χ4v) is 3.11. The Balaban J connectivity index is 1.49. The van der Waals surface area contributed by atoms with E-state index >= 15 is 0 Å². The van der Waals surface area contributed by atoms with Crippen molar-refractivity contribution in [2.75, 3.05) is 26.2 Å². The molecule has 0 radical (unpaired) electrons. The molecule has 0 spiro atoms. The molecule has 1 fully saturated rings. The van der Waals surface area contributed by atoms with Gasteiger partial charge in [0.1, 0.15) is 6.23 Å². The second kappa shape index (κ2) is 8.25. The van der Waals surface area contributed by atoms with Gasteiger partial charge in [-0.2, -0.15) is 0 Å². The molecule has 0 saturated carbocycles. The zero-order valence-electron chi connectivity index (χ0n) is 13.6. The lowest BCUT2D eigenvalue weighted by Crippen LogP contribution is -2.48. The number of hydrogen-bond acceptors (Lipinski definition) is 3. The first-order chi connectivity index (χ1) is 11.3. The van der Waals surface area contributed by atoms with Crippen LogP contribution in [0.2, 0.25) is 0 Å². The number of rotatable bonds is 6. The second-order valence-electron chi connectivity index (χ2n) is 6.28. The molecule has 1 atom stereocenters. The summed E-state index contributed by atoms with van der Waals surface area (Å²) in [6.45, 7) is 3.84. The SMILES string of the molecule is OC(CCc1ccc(Cc2ccccc2)cc1)N1CCNCC1.